The minimum absolute atomic E-state index is 0.316. The largest absolute Gasteiger partial charge is 0.497 e. The average molecular weight is 414 g/mol. The first-order valence-electron chi connectivity index (χ1n) is 8.87. The molecule has 0 unspecified atom stereocenters. The molecule has 152 valence electrons. The van der Waals surface area contributed by atoms with Gasteiger partial charge in [0.15, 0.2) is 0 Å². The zero-order valence-electron chi connectivity index (χ0n) is 16.1. The van der Waals surface area contributed by atoms with Gasteiger partial charge in [-0.2, -0.15) is 0 Å². The summed E-state index contributed by atoms with van der Waals surface area (Å²) in [5.41, 5.74) is 1.07. The molecule has 8 heteroatoms. The number of amides is 1. The van der Waals surface area contributed by atoms with Crippen molar-refractivity contribution >= 4 is 32.4 Å². The highest BCUT2D eigenvalue weighted by atomic mass is 32.2. The van der Waals surface area contributed by atoms with Crippen molar-refractivity contribution < 1.29 is 22.7 Å². The summed E-state index contributed by atoms with van der Waals surface area (Å²) in [4.78, 5) is 12.2. The average Bonchev–Trinajstić information content (AvgIpc) is 2.72. The van der Waals surface area contributed by atoms with E-state index >= 15 is 0 Å². The number of nitrogens with one attached hydrogen (secondary N) is 2. The Bertz CT molecular complexity index is 1130. The van der Waals surface area contributed by atoms with Gasteiger partial charge in [0.05, 0.1) is 26.5 Å². The first-order valence-corrected chi connectivity index (χ1v) is 10.5. The monoisotopic (exact) mass is 414 g/mol. The lowest BCUT2D eigenvalue weighted by Crippen LogP contribution is -2.33. The van der Waals surface area contributed by atoms with E-state index in [0.717, 1.165) is 10.8 Å². The lowest BCUT2D eigenvalue weighted by Gasteiger charge is -2.12. The van der Waals surface area contributed by atoms with Crippen LogP contribution in [0.4, 0.5) is 5.69 Å². The Morgan fingerprint density at radius 1 is 0.931 bits per heavy atom. The fourth-order valence-corrected chi connectivity index (χ4v) is 3.98. The van der Waals surface area contributed by atoms with E-state index in [4.69, 9.17) is 9.47 Å². The number of anilines is 1. The van der Waals surface area contributed by atoms with Crippen LogP contribution < -0.4 is 19.5 Å². The molecule has 2 N–H and O–H groups in total. The topological polar surface area (TPSA) is 93.7 Å². The first-order chi connectivity index (χ1) is 13.9. The van der Waals surface area contributed by atoms with Gasteiger partial charge in [0.25, 0.3) is 0 Å². The van der Waals surface area contributed by atoms with Crippen LogP contribution in [0.2, 0.25) is 0 Å². The van der Waals surface area contributed by atoms with Crippen molar-refractivity contribution in [1.82, 2.24) is 4.72 Å². The highest BCUT2D eigenvalue weighted by Gasteiger charge is 2.17. The fourth-order valence-electron chi connectivity index (χ4n) is 2.87. The third kappa shape index (κ3) is 5.46. The number of sulfonamides is 1. The van der Waals surface area contributed by atoms with Crippen molar-refractivity contribution in [1.29, 1.82) is 0 Å². The predicted molar refractivity (Wildman–Crippen MR) is 113 cm³/mol. The molecule has 0 aliphatic heterocycles. The van der Waals surface area contributed by atoms with Crippen molar-refractivity contribution in [2.75, 3.05) is 26.1 Å². The molecule has 3 rings (SSSR count). The molecule has 0 saturated heterocycles. The van der Waals surface area contributed by atoms with Gasteiger partial charge in [-0.05, 0) is 29.0 Å². The van der Waals surface area contributed by atoms with E-state index in [1.54, 1.807) is 24.3 Å². The molecule has 1 amide bonds. The summed E-state index contributed by atoms with van der Waals surface area (Å²) in [7, 11) is -0.772. The van der Waals surface area contributed by atoms with E-state index in [-0.39, 0.29) is 12.3 Å². The van der Waals surface area contributed by atoms with Crippen molar-refractivity contribution in [2.45, 2.75) is 5.75 Å². The predicted octanol–water partition coefficient (Wildman–Crippen LogP) is 2.92. The van der Waals surface area contributed by atoms with Crippen LogP contribution in [0, 0.1) is 0 Å². The van der Waals surface area contributed by atoms with E-state index < -0.39 is 15.9 Å². The van der Waals surface area contributed by atoms with Gasteiger partial charge in [0, 0.05) is 17.3 Å². The molecule has 0 heterocycles. The molecule has 7 nitrogen and oxygen atoms in total. The van der Waals surface area contributed by atoms with Gasteiger partial charge in [-0.25, -0.2) is 13.1 Å². The van der Waals surface area contributed by atoms with E-state index in [1.165, 1.54) is 14.2 Å². The summed E-state index contributed by atoms with van der Waals surface area (Å²) in [6.45, 7) is -0.367. The number of rotatable bonds is 8. The van der Waals surface area contributed by atoms with Crippen LogP contribution in [0.3, 0.4) is 0 Å². The van der Waals surface area contributed by atoms with E-state index in [0.29, 0.717) is 22.7 Å². The number of carbonyl (C=O) groups is 1. The molecule has 0 bridgehead atoms. The maximum Gasteiger partial charge on any atom is 0.239 e. The molecule has 0 saturated carbocycles. The van der Waals surface area contributed by atoms with Gasteiger partial charge in [-0.1, -0.05) is 36.4 Å². The van der Waals surface area contributed by atoms with Gasteiger partial charge in [0.1, 0.15) is 11.5 Å². The summed E-state index contributed by atoms with van der Waals surface area (Å²) in [5.74, 6) is 0.190. The van der Waals surface area contributed by atoms with Crippen LogP contribution in [0.15, 0.2) is 60.7 Å². The Hall–Kier alpha value is -3.10. The SMILES string of the molecule is COc1ccc(CS(=O)(=O)NCC(=O)Nc2ccc3ccccc3c2)c(OC)c1. The van der Waals surface area contributed by atoms with Gasteiger partial charge < -0.3 is 14.8 Å². The Kier molecular flexibility index (Phi) is 6.36. The minimum atomic E-state index is -3.74. The highest BCUT2D eigenvalue weighted by molar-refractivity contribution is 7.88. The second kappa shape index (κ2) is 8.93. The second-order valence-corrected chi connectivity index (χ2v) is 8.17. The number of ether oxygens (including phenoxy) is 2. The molecule has 0 aliphatic carbocycles. The number of hydrogen-bond acceptors (Lipinski definition) is 5. The summed E-state index contributed by atoms with van der Waals surface area (Å²) in [6.07, 6.45) is 0. The van der Waals surface area contributed by atoms with Crippen molar-refractivity contribution in [3.8, 4) is 11.5 Å². The van der Waals surface area contributed by atoms with Gasteiger partial charge in [-0.15, -0.1) is 0 Å². The molecule has 0 aliphatic rings. The molecule has 29 heavy (non-hydrogen) atoms. The number of carbonyl (C=O) groups excluding carboxylic acids is 1. The smallest absolute Gasteiger partial charge is 0.239 e. The summed E-state index contributed by atoms with van der Waals surface area (Å²) < 4.78 is 37.4. The van der Waals surface area contributed by atoms with E-state index in [9.17, 15) is 13.2 Å². The van der Waals surface area contributed by atoms with E-state index in [2.05, 4.69) is 10.0 Å². The molecule has 0 spiro atoms. The Balaban J connectivity index is 1.61. The highest BCUT2D eigenvalue weighted by Crippen LogP contribution is 2.26. The fraction of sp³-hybridized carbons (Fsp3) is 0.190. The van der Waals surface area contributed by atoms with Crippen LogP contribution in [-0.4, -0.2) is 35.1 Å². The van der Waals surface area contributed by atoms with Crippen LogP contribution in [0.1, 0.15) is 5.56 Å². The quantitative estimate of drug-likeness (QED) is 0.591. The van der Waals surface area contributed by atoms with Crippen LogP contribution >= 0.6 is 0 Å². The minimum Gasteiger partial charge on any atom is -0.497 e. The van der Waals surface area contributed by atoms with Crippen molar-refractivity contribution in [2.24, 2.45) is 0 Å². The molecule has 0 aromatic heterocycles. The van der Waals surface area contributed by atoms with Gasteiger partial charge in [-0.3, -0.25) is 4.79 Å². The molecule has 0 atom stereocenters. The maximum atomic E-state index is 12.4. The molecule has 0 radical (unpaired) electrons. The van der Waals surface area contributed by atoms with Crippen LogP contribution in [0.5, 0.6) is 11.5 Å². The lowest BCUT2D eigenvalue weighted by molar-refractivity contribution is -0.115. The Morgan fingerprint density at radius 2 is 1.69 bits per heavy atom. The number of methoxy groups -OCH3 is 2. The zero-order chi connectivity index (χ0) is 20.9. The molecular formula is C21H22N2O5S. The molecule has 3 aromatic carbocycles. The third-order valence-electron chi connectivity index (χ3n) is 4.33. The maximum absolute atomic E-state index is 12.4. The van der Waals surface area contributed by atoms with E-state index in [1.807, 2.05) is 36.4 Å². The zero-order valence-corrected chi connectivity index (χ0v) is 17.0. The third-order valence-corrected chi connectivity index (χ3v) is 5.60. The standard InChI is InChI=1S/C21H22N2O5S/c1-27-19-10-8-17(20(12-19)28-2)14-29(25,26)22-13-21(24)23-18-9-7-15-5-3-4-6-16(15)11-18/h3-12,22H,13-14H2,1-2H3,(H,23,24). The first kappa shape index (κ1) is 20.6. The van der Waals surface area contributed by atoms with Crippen molar-refractivity contribution in [3.05, 3.63) is 66.2 Å². The summed E-state index contributed by atoms with van der Waals surface area (Å²) in [6, 6.07) is 18.1. The molecular weight excluding hydrogens is 392 g/mol. The second-order valence-electron chi connectivity index (χ2n) is 6.37. The number of benzene rings is 3. The van der Waals surface area contributed by atoms with Gasteiger partial charge >= 0.3 is 0 Å². The van der Waals surface area contributed by atoms with Crippen LogP contribution in [0.25, 0.3) is 10.8 Å². The number of hydrogen-bond donors (Lipinski definition) is 2. The summed E-state index contributed by atoms with van der Waals surface area (Å²) in [5, 5.41) is 4.74. The normalized spacial score (nSPS) is 11.2. The molecule has 0 fully saturated rings. The Morgan fingerprint density at radius 3 is 2.41 bits per heavy atom. The Labute approximate surface area is 169 Å². The van der Waals surface area contributed by atoms with Gasteiger partial charge in [0.2, 0.25) is 15.9 Å². The summed E-state index contributed by atoms with van der Waals surface area (Å²) >= 11 is 0. The van der Waals surface area contributed by atoms with Crippen LogP contribution in [-0.2, 0) is 20.6 Å². The number of fused-ring (bicyclic) bond motifs is 1. The van der Waals surface area contributed by atoms with Crippen molar-refractivity contribution in [3.63, 3.8) is 0 Å². The molecule has 3 aromatic rings. The lowest BCUT2D eigenvalue weighted by atomic mass is 10.1.